The number of benzene rings is 2. The molecular formula is C22H14N2O4. The van der Waals surface area contributed by atoms with E-state index in [0.29, 0.717) is 22.3 Å². The molecule has 0 spiro atoms. The number of nitrogens with zero attached hydrogens (tertiary/aromatic N) is 2. The van der Waals surface area contributed by atoms with Gasteiger partial charge in [-0.2, -0.15) is 0 Å². The van der Waals surface area contributed by atoms with E-state index in [-0.39, 0.29) is 11.3 Å². The second kappa shape index (κ2) is 5.87. The summed E-state index contributed by atoms with van der Waals surface area (Å²) in [5.41, 5.74) is -0.521. The minimum Gasteiger partial charge on any atom is -0.372 e. The molecule has 0 fully saturated rings. The molecule has 1 N–H and O–H groups in total. The van der Waals surface area contributed by atoms with Gasteiger partial charge in [-0.3, -0.25) is 14.6 Å². The van der Waals surface area contributed by atoms with Crippen LogP contribution in [0, 0.1) is 0 Å². The molecule has 6 nitrogen and oxygen atoms in total. The molecule has 2 aromatic carbocycles. The predicted octanol–water partition coefficient (Wildman–Crippen LogP) is 2.92. The Morgan fingerprint density at radius 2 is 1.75 bits per heavy atom. The van der Waals surface area contributed by atoms with Gasteiger partial charge in [-0.05, 0) is 18.2 Å². The molecule has 0 bridgehead atoms. The highest BCUT2D eigenvalue weighted by atomic mass is 16.7. The summed E-state index contributed by atoms with van der Waals surface area (Å²) in [6, 6.07) is 18.8. The number of ketones is 1. The summed E-state index contributed by atoms with van der Waals surface area (Å²) in [6.45, 7) is 0. The first-order valence-electron chi connectivity index (χ1n) is 8.71. The Morgan fingerprint density at radius 1 is 1.00 bits per heavy atom. The van der Waals surface area contributed by atoms with Crippen LogP contribution in [-0.2, 0) is 10.6 Å². The van der Waals surface area contributed by atoms with Crippen LogP contribution < -0.4 is 0 Å². The molecule has 0 saturated heterocycles. The van der Waals surface area contributed by atoms with Crippen LogP contribution in [-0.4, -0.2) is 26.8 Å². The molecule has 0 aliphatic carbocycles. The van der Waals surface area contributed by atoms with Gasteiger partial charge < -0.3 is 9.94 Å². The number of pyridine rings is 1. The first kappa shape index (κ1) is 16.4. The lowest BCUT2D eigenvalue weighted by Crippen LogP contribution is -2.41. The standard InChI is InChI=1S/C22H14N2O4/c25-19(15-9-6-12-23-13-15)18-20(14-7-2-1-3-8-14)28-24-21(26)16-10-4-5-11-17(16)22(18,24)27/h1-13,27H. The molecule has 1 atom stereocenters. The molecule has 3 aromatic rings. The zero-order chi connectivity index (χ0) is 19.3. The van der Waals surface area contributed by atoms with E-state index in [2.05, 4.69) is 4.98 Å². The lowest BCUT2D eigenvalue weighted by molar-refractivity contribution is -0.177. The van der Waals surface area contributed by atoms with Gasteiger partial charge in [0.15, 0.2) is 11.5 Å². The van der Waals surface area contributed by atoms with E-state index in [1.807, 2.05) is 6.07 Å². The monoisotopic (exact) mass is 370 g/mol. The number of carbonyl (C=O) groups is 2. The summed E-state index contributed by atoms with van der Waals surface area (Å²) in [5, 5.41) is 12.5. The maximum atomic E-state index is 13.4. The van der Waals surface area contributed by atoms with E-state index in [4.69, 9.17) is 4.84 Å². The lowest BCUT2D eigenvalue weighted by Gasteiger charge is -2.26. The fraction of sp³-hybridized carbons (Fsp3) is 0.0455. The molecule has 2 aliphatic rings. The van der Waals surface area contributed by atoms with E-state index < -0.39 is 17.4 Å². The number of carbonyl (C=O) groups excluding carboxylic acids is 2. The third kappa shape index (κ3) is 2.09. The Hall–Kier alpha value is -3.77. The van der Waals surface area contributed by atoms with Crippen molar-refractivity contribution in [1.29, 1.82) is 0 Å². The minimum absolute atomic E-state index is 0.00926. The maximum absolute atomic E-state index is 13.4. The number of rotatable bonds is 3. The number of fused-ring (bicyclic) bond motifs is 3. The highest BCUT2D eigenvalue weighted by molar-refractivity contribution is 6.16. The zero-order valence-electron chi connectivity index (χ0n) is 14.6. The quantitative estimate of drug-likeness (QED) is 0.717. The average molecular weight is 370 g/mol. The zero-order valence-corrected chi connectivity index (χ0v) is 14.6. The second-order valence-electron chi connectivity index (χ2n) is 6.55. The van der Waals surface area contributed by atoms with Crippen molar-refractivity contribution in [3.05, 3.63) is 107 Å². The summed E-state index contributed by atoms with van der Waals surface area (Å²) in [5.74, 6) is -0.804. The molecule has 28 heavy (non-hydrogen) atoms. The van der Waals surface area contributed by atoms with Crippen LogP contribution in [0.4, 0.5) is 0 Å². The van der Waals surface area contributed by atoms with Crippen LogP contribution in [0.5, 0.6) is 0 Å². The van der Waals surface area contributed by atoms with Gasteiger partial charge in [0.05, 0.1) is 5.56 Å². The molecule has 0 saturated carbocycles. The van der Waals surface area contributed by atoms with Crippen LogP contribution in [0.1, 0.15) is 31.8 Å². The second-order valence-corrected chi connectivity index (χ2v) is 6.55. The van der Waals surface area contributed by atoms with Gasteiger partial charge in [0.25, 0.3) is 5.91 Å². The van der Waals surface area contributed by atoms with Gasteiger partial charge in [0, 0.05) is 29.1 Å². The topological polar surface area (TPSA) is 79.7 Å². The van der Waals surface area contributed by atoms with Crippen LogP contribution in [0.3, 0.4) is 0 Å². The van der Waals surface area contributed by atoms with E-state index in [1.165, 1.54) is 6.20 Å². The Morgan fingerprint density at radius 3 is 2.50 bits per heavy atom. The van der Waals surface area contributed by atoms with Crippen molar-refractivity contribution in [2.75, 3.05) is 0 Å². The third-order valence-electron chi connectivity index (χ3n) is 4.96. The summed E-state index contributed by atoms with van der Waals surface area (Å²) in [7, 11) is 0. The minimum atomic E-state index is -2.01. The van der Waals surface area contributed by atoms with Crippen LogP contribution >= 0.6 is 0 Å². The van der Waals surface area contributed by atoms with Gasteiger partial charge >= 0.3 is 0 Å². The van der Waals surface area contributed by atoms with Crippen LogP contribution in [0.2, 0.25) is 0 Å². The molecule has 1 unspecified atom stereocenters. The highest BCUT2D eigenvalue weighted by Crippen LogP contribution is 2.51. The van der Waals surface area contributed by atoms with Crippen molar-refractivity contribution in [1.82, 2.24) is 10.0 Å². The van der Waals surface area contributed by atoms with Gasteiger partial charge in [-0.1, -0.05) is 48.5 Å². The fourth-order valence-corrected chi connectivity index (χ4v) is 3.67. The number of hydroxylamine groups is 2. The van der Waals surface area contributed by atoms with Crippen molar-refractivity contribution < 1.29 is 19.5 Å². The molecular weight excluding hydrogens is 356 g/mol. The highest BCUT2D eigenvalue weighted by Gasteiger charge is 2.61. The maximum Gasteiger partial charge on any atom is 0.290 e. The number of Topliss-reactive ketones (excluding diaryl/α,β-unsaturated/α-hetero) is 1. The summed E-state index contributed by atoms with van der Waals surface area (Å²) in [4.78, 5) is 36.1. The Labute approximate surface area is 160 Å². The van der Waals surface area contributed by atoms with Gasteiger partial charge in [-0.25, -0.2) is 0 Å². The summed E-state index contributed by atoms with van der Waals surface area (Å²) >= 11 is 0. The summed E-state index contributed by atoms with van der Waals surface area (Å²) < 4.78 is 0. The van der Waals surface area contributed by atoms with Crippen molar-refractivity contribution in [3.63, 3.8) is 0 Å². The molecule has 0 radical (unpaired) electrons. The molecule has 1 amide bonds. The molecule has 2 aliphatic heterocycles. The number of amides is 1. The Bertz CT molecular complexity index is 1140. The molecule has 6 heteroatoms. The number of hydrogen-bond donors (Lipinski definition) is 1. The van der Waals surface area contributed by atoms with E-state index in [9.17, 15) is 14.7 Å². The summed E-state index contributed by atoms with van der Waals surface area (Å²) in [6.07, 6.45) is 2.98. The lowest BCUT2D eigenvalue weighted by atomic mass is 9.88. The van der Waals surface area contributed by atoms with E-state index in [1.54, 1.807) is 66.9 Å². The largest absolute Gasteiger partial charge is 0.372 e. The first-order chi connectivity index (χ1) is 13.6. The van der Waals surface area contributed by atoms with Gasteiger partial charge in [-0.15, -0.1) is 5.06 Å². The van der Waals surface area contributed by atoms with E-state index >= 15 is 0 Å². The Balaban J connectivity index is 1.79. The van der Waals surface area contributed by atoms with Crippen molar-refractivity contribution >= 4 is 17.4 Å². The van der Waals surface area contributed by atoms with Crippen LogP contribution in [0.25, 0.3) is 5.76 Å². The fourth-order valence-electron chi connectivity index (χ4n) is 3.67. The van der Waals surface area contributed by atoms with Crippen molar-refractivity contribution in [2.45, 2.75) is 5.72 Å². The third-order valence-corrected chi connectivity index (χ3v) is 4.96. The molecule has 5 rings (SSSR count). The molecule has 3 heterocycles. The first-order valence-corrected chi connectivity index (χ1v) is 8.71. The predicted molar refractivity (Wildman–Crippen MR) is 99.5 cm³/mol. The molecule has 1 aromatic heterocycles. The number of aromatic nitrogens is 1. The van der Waals surface area contributed by atoms with Crippen molar-refractivity contribution in [3.8, 4) is 0 Å². The number of hydrogen-bond acceptors (Lipinski definition) is 5. The average Bonchev–Trinajstić information content (AvgIpc) is 3.18. The molecule has 136 valence electrons. The van der Waals surface area contributed by atoms with Gasteiger partial charge in [0.1, 0.15) is 5.57 Å². The SMILES string of the molecule is O=C(C1=C(c2ccccc2)ON2C(=O)c3ccccc3C12O)c1cccnc1. The van der Waals surface area contributed by atoms with Crippen LogP contribution in [0.15, 0.2) is 84.7 Å². The number of aliphatic hydroxyl groups is 1. The van der Waals surface area contributed by atoms with Gasteiger partial charge in [0.2, 0.25) is 5.72 Å². The normalized spacial score (nSPS) is 20.0. The Kier molecular flexibility index (Phi) is 3.44. The smallest absolute Gasteiger partial charge is 0.290 e. The van der Waals surface area contributed by atoms with E-state index in [0.717, 1.165) is 5.06 Å². The van der Waals surface area contributed by atoms with Crippen molar-refractivity contribution in [2.24, 2.45) is 0 Å².